The van der Waals surface area contributed by atoms with Crippen LogP contribution in [0.15, 0.2) is 11.6 Å². The van der Waals surface area contributed by atoms with Crippen LogP contribution >= 0.6 is 0 Å². The molecule has 3 aliphatic rings. The molecule has 7 nitrogen and oxygen atoms in total. The minimum absolute atomic E-state index is 0.0552. The third kappa shape index (κ3) is 7.78. The molecule has 3 fully saturated rings. The quantitative estimate of drug-likeness (QED) is 0.133. The van der Waals surface area contributed by atoms with Crippen molar-refractivity contribution in [2.24, 2.45) is 5.92 Å². The van der Waals surface area contributed by atoms with Crippen molar-refractivity contribution in [1.82, 2.24) is 5.32 Å². The van der Waals surface area contributed by atoms with Crippen LogP contribution in [-0.2, 0) is 28.5 Å². The van der Waals surface area contributed by atoms with Crippen LogP contribution in [0.4, 0.5) is 0 Å². The molecule has 0 aromatic heterocycles. The van der Waals surface area contributed by atoms with Gasteiger partial charge in [-0.3, -0.25) is 9.59 Å². The van der Waals surface area contributed by atoms with Gasteiger partial charge in [-0.1, -0.05) is 44.3 Å². The van der Waals surface area contributed by atoms with Crippen LogP contribution < -0.4 is 5.32 Å². The standard InChI is InChI=1S/C29H49NO6/c1-6-7-13-24(31)30-19-12-10-8-9-11-14-25(32)35-22-17-18-29(20-34-29)27(26(22)33-5)28(4)23(36-28)16-15-21(2)3/h15,22-23,26-27H,6-14,16-20H2,1-5H3,(H,30,31)/t22?,23-,26?,27?,28?,29+/m1/s1. The van der Waals surface area contributed by atoms with E-state index in [1.165, 1.54) is 5.57 Å². The third-order valence-electron chi connectivity index (χ3n) is 8.16. The minimum atomic E-state index is -0.316. The van der Waals surface area contributed by atoms with Gasteiger partial charge in [0, 0.05) is 26.5 Å². The lowest BCUT2D eigenvalue weighted by molar-refractivity contribution is -0.172. The van der Waals surface area contributed by atoms with Crippen molar-refractivity contribution < 1.29 is 28.5 Å². The van der Waals surface area contributed by atoms with E-state index < -0.39 is 0 Å². The summed E-state index contributed by atoms with van der Waals surface area (Å²) >= 11 is 0. The van der Waals surface area contributed by atoms with Crippen LogP contribution in [-0.4, -0.2) is 61.7 Å². The van der Waals surface area contributed by atoms with Crippen molar-refractivity contribution in [1.29, 1.82) is 0 Å². The van der Waals surface area contributed by atoms with Crippen molar-refractivity contribution in [2.75, 3.05) is 20.3 Å². The molecule has 2 aliphatic heterocycles. The first kappa shape index (κ1) is 29.1. The van der Waals surface area contributed by atoms with Crippen molar-refractivity contribution in [2.45, 2.75) is 134 Å². The topological polar surface area (TPSA) is 89.7 Å². The molecule has 2 heterocycles. The SMILES string of the molecule is CCCCC(=O)NCCCCCCCC(=O)OC1CC[C@]2(CO2)C(C2(C)O[C@@H]2CC=C(C)C)C1OC. The van der Waals surface area contributed by atoms with Crippen molar-refractivity contribution in [3.8, 4) is 0 Å². The van der Waals surface area contributed by atoms with E-state index in [1.807, 2.05) is 0 Å². The molecule has 0 bridgehead atoms. The summed E-state index contributed by atoms with van der Waals surface area (Å²) in [6.45, 7) is 9.94. The van der Waals surface area contributed by atoms with Gasteiger partial charge in [-0.25, -0.2) is 0 Å². The lowest BCUT2D eigenvalue weighted by Gasteiger charge is -2.42. The van der Waals surface area contributed by atoms with Crippen LogP contribution in [0.25, 0.3) is 0 Å². The number of rotatable bonds is 16. The molecule has 1 spiro atoms. The van der Waals surface area contributed by atoms with Gasteiger partial charge in [0.1, 0.15) is 23.4 Å². The van der Waals surface area contributed by atoms with Gasteiger partial charge in [0.25, 0.3) is 0 Å². The summed E-state index contributed by atoms with van der Waals surface area (Å²) in [5.41, 5.74) is 0.773. The number of hydrogen-bond acceptors (Lipinski definition) is 6. The van der Waals surface area contributed by atoms with Crippen LogP contribution in [0, 0.1) is 5.92 Å². The Morgan fingerprint density at radius 3 is 2.47 bits per heavy atom. The van der Waals surface area contributed by atoms with E-state index in [0.717, 1.165) is 77.4 Å². The lowest BCUT2D eigenvalue weighted by Crippen LogP contribution is -2.55. The Balaban J connectivity index is 1.37. The van der Waals surface area contributed by atoms with E-state index in [0.29, 0.717) is 12.8 Å². The number of allylic oxidation sites excluding steroid dienone is 1. The molecule has 6 atom stereocenters. The number of amides is 1. The van der Waals surface area contributed by atoms with Crippen molar-refractivity contribution >= 4 is 11.9 Å². The summed E-state index contributed by atoms with van der Waals surface area (Å²) in [4.78, 5) is 24.3. The highest BCUT2D eigenvalue weighted by Crippen LogP contribution is 2.59. The Morgan fingerprint density at radius 2 is 1.81 bits per heavy atom. The molecule has 36 heavy (non-hydrogen) atoms. The number of hydrogen-bond donors (Lipinski definition) is 1. The molecule has 0 aromatic rings. The highest BCUT2D eigenvalue weighted by molar-refractivity contribution is 5.75. The molecule has 1 N–H and O–H groups in total. The number of epoxide rings is 2. The molecule has 0 radical (unpaired) electrons. The Morgan fingerprint density at radius 1 is 1.08 bits per heavy atom. The summed E-state index contributed by atoms with van der Waals surface area (Å²) in [6, 6.07) is 0. The predicted octanol–water partition coefficient (Wildman–Crippen LogP) is 5.25. The molecule has 2 saturated heterocycles. The lowest BCUT2D eigenvalue weighted by atomic mass is 9.68. The second-order valence-electron chi connectivity index (χ2n) is 11.4. The van der Waals surface area contributed by atoms with E-state index in [1.54, 1.807) is 7.11 Å². The van der Waals surface area contributed by atoms with Gasteiger partial charge in [0.2, 0.25) is 5.91 Å². The molecule has 0 aromatic carbocycles. The third-order valence-corrected chi connectivity index (χ3v) is 8.16. The summed E-state index contributed by atoms with van der Waals surface area (Å²) in [7, 11) is 1.71. The van der Waals surface area contributed by atoms with E-state index in [-0.39, 0.29) is 47.3 Å². The molecular formula is C29H49NO6. The highest BCUT2D eigenvalue weighted by atomic mass is 16.6. The highest BCUT2D eigenvalue weighted by Gasteiger charge is 2.72. The maximum absolute atomic E-state index is 12.7. The maximum atomic E-state index is 12.7. The molecule has 7 heteroatoms. The number of ether oxygens (including phenoxy) is 4. The predicted molar refractivity (Wildman–Crippen MR) is 140 cm³/mol. The molecule has 1 amide bonds. The van der Waals surface area contributed by atoms with Gasteiger partial charge < -0.3 is 24.3 Å². The number of methoxy groups -OCH3 is 1. The molecule has 3 rings (SSSR count). The Hall–Kier alpha value is -1.44. The second kappa shape index (κ2) is 13.4. The van der Waals surface area contributed by atoms with Gasteiger partial charge in [-0.15, -0.1) is 0 Å². The summed E-state index contributed by atoms with van der Waals surface area (Å²) in [5, 5.41) is 2.98. The fraction of sp³-hybridized carbons (Fsp3) is 0.862. The molecular weight excluding hydrogens is 458 g/mol. The van der Waals surface area contributed by atoms with E-state index >= 15 is 0 Å². The average Bonchev–Trinajstić information content (AvgIpc) is 3.76. The number of carbonyl (C=O) groups is 2. The van der Waals surface area contributed by atoms with Gasteiger partial charge in [-0.2, -0.15) is 0 Å². The first-order valence-corrected chi connectivity index (χ1v) is 14.2. The summed E-state index contributed by atoms with van der Waals surface area (Å²) in [6.07, 6.45) is 12.4. The Bertz CT molecular complexity index is 759. The van der Waals surface area contributed by atoms with E-state index in [2.05, 4.69) is 39.1 Å². The first-order chi connectivity index (χ1) is 17.3. The van der Waals surface area contributed by atoms with Crippen LogP contribution in [0.5, 0.6) is 0 Å². The first-order valence-electron chi connectivity index (χ1n) is 14.2. The van der Waals surface area contributed by atoms with Crippen LogP contribution in [0.1, 0.15) is 105 Å². The number of carbonyl (C=O) groups excluding carboxylic acids is 2. The smallest absolute Gasteiger partial charge is 0.306 e. The monoisotopic (exact) mass is 507 g/mol. The zero-order chi connectivity index (χ0) is 26.2. The fourth-order valence-electron chi connectivity index (χ4n) is 5.88. The van der Waals surface area contributed by atoms with Crippen LogP contribution in [0.2, 0.25) is 0 Å². The number of esters is 1. The zero-order valence-corrected chi connectivity index (χ0v) is 23.2. The number of unbranched alkanes of at least 4 members (excludes halogenated alkanes) is 5. The summed E-state index contributed by atoms with van der Waals surface area (Å²) < 4.78 is 24.2. The van der Waals surface area contributed by atoms with Gasteiger partial charge in [0.15, 0.2) is 0 Å². The number of nitrogens with one attached hydrogen (secondary N) is 1. The van der Waals surface area contributed by atoms with Crippen molar-refractivity contribution in [3.63, 3.8) is 0 Å². The zero-order valence-electron chi connectivity index (χ0n) is 23.2. The Labute approximate surface area is 218 Å². The van der Waals surface area contributed by atoms with Gasteiger partial charge >= 0.3 is 5.97 Å². The minimum Gasteiger partial charge on any atom is -0.460 e. The van der Waals surface area contributed by atoms with E-state index in [9.17, 15) is 9.59 Å². The molecule has 206 valence electrons. The van der Waals surface area contributed by atoms with Gasteiger partial charge in [-0.05, 0) is 59.3 Å². The average molecular weight is 508 g/mol. The summed E-state index contributed by atoms with van der Waals surface area (Å²) in [5.74, 6) is 0.0722. The molecule has 4 unspecified atom stereocenters. The molecule has 1 aliphatic carbocycles. The molecule has 1 saturated carbocycles. The van der Waals surface area contributed by atoms with Gasteiger partial charge in [0.05, 0.1) is 18.6 Å². The second-order valence-corrected chi connectivity index (χ2v) is 11.4. The fourth-order valence-corrected chi connectivity index (χ4v) is 5.88. The normalized spacial score (nSPS) is 32.7. The Kier molecular flexibility index (Phi) is 10.8. The van der Waals surface area contributed by atoms with Crippen molar-refractivity contribution in [3.05, 3.63) is 11.6 Å². The largest absolute Gasteiger partial charge is 0.460 e. The maximum Gasteiger partial charge on any atom is 0.306 e. The van der Waals surface area contributed by atoms with Crippen LogP contribution in [0.3, 0.4) is 0 Å². The van der Waals surface area contributed by atoms with E-state index in [4.69, 9.17) is 18.9 Å².